The van der Waals surface area contributed by atoms with Gasteiger partial charge >= 0.3 is 12.1 Å². The molecule has 0 radical (unpaired) electrons. The number of hydrogen-bond acceptors (Lipinski definition) is 8. The first kappa shape index (κ1) is 27.3. The van der Waals surface area contributed by atoms with E-state index < -0.39 is 17.9 Å². The molecular formula is C30H31N5O4S. The fourth-order valence-corrected chi connectivity index (χ4v) is 5.76. The first-order valence-corrected chi connectivity index (χ1v) is 13.7. The largest absolute Gasteiger partial charge is 0.456 e. The van der Waals surface area contributed by atoms with Gasteiger partial charge in [0.2, 0.25) is 0 Å². The lowest BCUT2D eigenvalue weighted by atomic mass is 9.97. The first-order chi connectivity index (χ1) is 19.0. The molecule has 1 unspecified atom stereocenters. The second kappa shape index (κ2) is 10.3. The summed E-state index contributed by atoms with van der Waals surface area (Å²) in [6, 6.07) is 15.4. The summed E-state index contributed by atoms with van der Waals surface area (Å²) in [6.45, 7) is 11.6. The Morgan fingerprint density at radius 2 is 1.52 bits per heavy atom. The summed E-state index contributed by atoms with van der Waals surface area (Å²) in [7, 11) is 1.32. The maximum absolute atomic E-state index is 12.4. The monoisotopic (exact) mass is 557 g/mol. The average Bonchev–Trinajstić information content (AvgIpc) is 3.39. The standard InChI is InChI=1S/C30H31N5O4S/c1-16-17(2)40-27-23(16)24(31-25(32-29(37)38-7)26-34-33-18(3)35(26)27)21-12-8-19(9-13-21)20-10-14-22(15-11-20)28(36)39-30(4,5)6/h8-15,25H,1-7H3,(H,32,37). The lowest BCUT2D eigenvalue weighted by molar-refractivity contribution is 0.00694. The van der Waals surface area contributed by atoms with Gasteiger partial charge in [0.15, 0.2) is 12.0 Å². The number of nitrogens with one attached hydrogen (secondary N) is 1. The Bertz CT molecular complexity index is 1630. The molecule has 1 N–H and O–H groups in total. The van der Waals surface area contributed by atoms with Crippen LogP contribution in [-0.2, 0) is 9.47 Å². The molecule has 0 aliphatic carbocycles. The van der Waals surface area contributed by atoms with E-state index in [1.54, 1.807) is 23.5 Å². The summed E-state index contributed by atoms with van der Waals surface area (Å²) in [5.41, 5.74) is 5.64. The van der Waals surface area contributed by atoms with E-state index in [-0.39, 0.29) is 5.97 Å². The van der Waals surface area contributed by atoms with Crippen LogP contribution in [0.3, 0.4) is 0 Å². The molecular weight excluding hydrogens is 526 g/mol. The quantitative estimate of drug-likeness (QED) is 0.305. The number of hydrogen-bond donors (Lipinski definition) is 1. The summed E-state index contributed by atoms with van der Waals surface area (Å²) in [4.78, 5) is 30.8. The number of alkyl carbamates (subject to hydrolysis) is 1. The van der Waals surface area contributed by atoms with Crippen molar-refractivity contribution in [2.45, 2.75) is 53.3 Å². The number of carbonyl (C=O) groups excluding carboxylic acids is 2. The van der Waals surface area contributed by atoms with E-state index in [9.17, 15) is 9.59 Å². The van der Waals surface area contributed by atoms with Crippen LogP contribution in [0.15, 0.2) is 53.5 Å². The number of thiophene rings is 1. The summed E-state index contributed by atoms with van der Waals surface area (Å²) >= 11 is 1.64. The Kier molecular flexibility index (Phi) is 7.05. The number of ether oxygens (including phenoxy) is 2. The van der Waals surface area contributed by atoms with Crippen LogP contribution in [0.4, 0.5) is 4.79 Å². The lowest BCUT2D eigenvalue weighted by Crippen LogP contribution is -2.29. The highest BCUT2D eigenvalue weighted by molar-refractivity contribution is 7.15. The van der Waals surface area contributed by atoms with Crippen molar-refractivity contribution in [3.63, 3.8) is 0 Å². The van der Waals surface area contributed by atoms with Crippen LogP contribution in [0.2, 0.25) is 0 Å². The Hall–Kier alpha value is -4.31. The zero-order valence-corrected chi connectivity index (χ0v) is 24.3. The summed E-state index contributed by atoms with van der Waals surface area (Å²) in [6.07, 6.45) is -1.40. The number of aliphatic imine (C=N–C) groups is 1. The topological polar surface area (TPSA) is 108 Å². The van der Waals surface area contributed by atoms with E-state index in [1.165, 1.54) is 7.11 Å². The van der Waals surface area contributed by atoms with E-state index in [1.807, 2.05) is 68.7 Å². The number of esters is 1. The number of aromatic nitrogens is 3. The van der Waals surface area contributed by atoms with E-state index in [4.69, 9.17) is 14.5 Å². The number of aryl methyl sites for hydroxylation is 2. The average molecular weight is 558 g/mol. The van der Waals surface area contributed by atoms with Crippen LogP contribution in [0.5, 0.6) is 0 Å². The molecule has 1 aliphatic rings. The third kappa shape index (κ3) is 5.14. The Morgan fingerprint density at radius 3 is 2.12 bits per heavy atom. The van der Waals surface area contributed by atoms with Crippen molar-refractivity contribution in [3.8, 4) is 16.1 Å². The number of methoxy groups -OCH3 is 1. The number of rotatable bonds is 4. The highest BCUT2D eigenvalue weighted by Crippen LogP contribution is 2.38. The predicted octanol–water partition coefficient (Wildman–Crippen LogP) is 6.08. The molecule has 10 heteroatoms. The number of nitrogens with zero attached hydrogens (tertiary/aromatic N) is 4. The van der Waals surface area contributed by atoms with Gasteiger partial charge in [-0.2, -0.15) is 0 Å². The van der Waals surface area contributed by atoms with Crippen LogP contribution in [0.25, 0.3) is 16.1 Å². The normalized spacial score (nSPS) is 14.5. The number of amides is 1. The van der Waals surface area contributed by atoms with Crippen molar-refractivity contribution in [1.29, 1.82) is 0 Å². The maximum Gasteiger partial charge on any atom is 0.408 e. The molecule has 5 rings (SSSR count). The fourth-order valence-electron chi connectivity index (χ4n) is 4.55. The maximum atomic E-state index is 12.4. The van der Waals surface area contributed by atoms with Crippen LogP contribution in [0.1, 0.15) is 70.5 Å². The third-order valence-corrected chi connectivity index (χ3v) is 7.80. The van der Waals surface area contributed by atoms with Crippen molar-refractivity contribution in [2.24, 2.45) is 4.99 Å². The molecule has 0 saturated carbocycles. The molecule has 2 aromatic heterocycles. The van der Waals surface area contributed by atoms with Gasteiger partial charge in [0.05, 0.1) is 18.4 Å². The molecule has 0 fully saturated rings. The van der Waals surface area contributed by atoms with Crippen LogP contribution < -0.4 is 5.32 Å². The number of fused-ring (bicyclic) bond motifs is 3. The van der Waals surface area contributed by atoms with Gasteiger partial charge in [0.1, 0.15) is 16.4 Å². The van der Waals surface area contributed by atoms with Crippen LogP contribution in [0, 0.1) is 20.8 Å². The second-order valence-electron chi connectivity index (χ2n) is 10.6. The molecule has 40 heavy (non-hydrogen) atoms. The minimum Gasteiger partial charge on any atom is -0.456 e. The smallest absolute Gasteiger partial charge is 0.408 e. The number of carbonyl (C=O) groups is 2. The van der Waals surface area contributed by atoms with Crippen molar-refractivity contribution >= 4 is 29.1 Å². The Labute approximate surface area is 236 Å². The third-order valence-electron chi connectivity index (χ3n) is 6.61. The zero-order valence-electron chi connectivity index (χ0n) is 23.5. The van der Waals surface area contributed by atoms with Gasteiger partial charge in [0.25, 0.3) is 0 Å². The van der Waals surface area contributed by atoms with E-state index in [0.717, 1.165) is 43.4 Å². The number of benzene rings is 2. The molecule has 206 valence electrons. The second-order valence-corrected chi connectivity index (χ2v) is 11.8. The fraction of sp³-hybridized carbons (Fsp3) is 0.300. The molecule has 3 heterocycles. The summed E-state index contributed by atoms with van der Waals surface area (Å²) < 4.78 is 12.3. The first-order valence-electron chi connectivity index (χ1n) is 12.9. The van der Waals surface area contributed by atoms with Gasteiger partial charge in [-0.3, -0.25) is 14.9 Å². The molecule has 1 amide bonds. The van der Waals surface area contributed by atoms with E-state index in [2.05, 4.69) is 29.4 Å². The van der Waals surface area contributed by atoms with Crippen molar-refractivity contribution in [1.82, 2.24) is 20.1 Å². The van der Waals surface area contributed by atoms with Crippen molar-refractivity contribution in [3.05, 3.63) is 87.3 Å². The van der Waals surface area contributed by atoms with Gasteiger partial charge in [-0.25, -0.2) is 9.59 Å². The molecule has 2 aromatic carbocycles. The van der Waals surface area contributed by atoms with Gasteiger partial charge in [-0.05, 0) is 70.4 Å². The lowest BCUT2D eigenvalue weighted by Gasteiger charge is -2.19. The Balaban J connectivity index is 1.53. The highest BCUT2D eigenvalue weighted by Gasteiger charge is 2.32. The summed E-state index contributed by atoms with van der Waals surface area (Å²) in [5.74, 6) is 0.872. The van der Waals surface area contributed by atoms with Gasteiger partial charge in [0, 0.05) is 16.0 Å². The Morgan fingerprint density at radius 1 is 0.925 bits per heavy atom. The van der Waals surface area contributed by atoms with Crippen molar-refractivity contribution < 1.29 is 19.1 Å². The summed E-state index contributed by atoms with van der Waals surface area (Å²) in [5, 5.41) is 12.4. The minimum absolute atomic E-state index is 0.349. The van der Waals surface area contributed by atoms with E-state index in [0.29, 0.717) is 17.2 Å². The van der Waals surface area contributed by atoms with Crippen molar-refractivity contribution in [2.75, 3.05) is 7.11 Å². The van der Waals surface area contributed by atoms with Gasteiger partial charge in [-0.1, -0.05) is 36.4 Å². The molecule has 9 nitrogen and oxygen atoms in total. The molecule has 0 spiro atoms. The zero-order chi connectivity index (χ0) is 28.8. The molecule has 4 aromatic rings. The van der Waals surface area contributed by atoms with Gasteiger partial charge < -0.3 is 9.47 Å². The van der Waals surface area contributed by atoms with Crippen LogP contribution >= 0.6 is 11.3 Å². The predicted molar refractivity (Wildman–Crippen MR) is 154 cm³/mol. The highest BCUT2D eigenvalue weighted by atomic mass is 32.1. The molecule has 1 aliphatic heterocycles. The molecule has 1 atom stereocenters. The SMILES string of the molecule is COC(=O)NC1N=C(c2ccc(-c3ccc(C(=O)OC(C)(C)C)cc3)cc2)c2c(sc(C)c2C)-n2c(C)nnc21. The van der Waals surface area contributed by atoms with Gasteiger partial charge in [-0.15, -0.1) is 21.5 Å². The van der Waals surface area contributed by atoms with E-state index >= 15 is 0 Å². The minimum atomic E-state index is -0.789. The molecule has 0 saturated heterocycles. The molecule has 0 bridgehead atoms. The van der Waals surface area contributed by atoms with Crippen LogP contribution in [-0.4, -0.2) is 45.2 Å².